The summed E-state index contributed by atoms with van der Waals surface area (Å²) in [6, 6.07) is 1.04. The number of nitrogens with one attached hydrogen (secondary N) is 4. The summed E-state index contributed by atoms with van der Waals surface area (Å²) in [5.41, 5.74) is 0.810. The predicted molar refractivity (Wildman–Crippen MR) is 136 cm³/mol. The van der Waals surface area contributed by atoms with E-state index in [-0.39, 0.29) is 33.7 Å². The van der Waals surface area contributed by atoms with Crippen LogP contribution >= 0.6 is 23.4 Å². The van der Waals surface area contributed by atoms with Crippen LogP contribution < -0.4 is 21.3 Å². The molecule has 1 unspecified atom stereocenters. The first-order chi connectivity index (χ1) is 16.3. The molecule has 0 aromatic carbocycles. The molecule has 0 aliphatic carbocycles. The van der Waals surface area contributed by atoms with E-state index in [1.807, 2.05) is 0 Å². The fraction of sp³-hybridized carbons (Fsp3) is 0.625. The van der Waals surface area contributed by atoms with Crippen LogP contribution in [0.15, 0.2) is 16.5 Å². The normalized spacial score (nSPS) is 25.7. The number of pyridine rings is 1. The van der Waals surface area contributed by atoms with E-state index in [9.17, 15) is 14.0 Å². The fourth-order valence-electron chi connectivity index (χ4n) is 5.57. The number of amides is 1. The quantitative estimate of drug-likeness (QED) is 0.341. The lowest BCUT2D eigenvalue weighted by atomic mass is 9.79. The summed E-state index contributed by atoms with van der Waals surface area (Å²) in [5, 5.41) is 12.8. The lowest BCUT2D eigenvalue weighted by Crippen LogP contribution is -2.60. The molecule has 0 saturated carbocycles. The maximum atomic E-state index is 14.5. The Morgan fingerprint density at radius 1 is 1.26 bits per heavy atom. The highest BCUT2D eigenvalue weighted by Gasteiger charge is 2.49. The van der Waals surface area contributed by atoms with Crippen molar-refractivity contribution in [3.05, 3.63) is 33.1 Å². The number of nitrogens with zero attached hydrogens (tertiary/aromatic N) is 1. The fourth-order valence-corrected chi connectivity index (χ4v) is 7.17. The SMILES string of the molecule is COC(=O)C1(NC(=O)c2cc(F)c(Cl)nc2NC2CC(C)(C)NC(C)(C)C2)CC2=C(CNCC2)S1. The second kappa shape index (κ2) is 9.53. The number of thioether (sulfide) groups is 1. The molecule has 0 radical (unpaired) electrons. The molecule has 3 aliphatic rings. The topological polar surface area (TPSA) is 104 Å². The highest BCUT2D eigenvalue weighted by atomic mass is 35.5. The zero-order valence-corrected chi connectivity index (χ0v) is 22.3. The van der Waals surface area contributed by atoms with E-state index >= 15 is 0 Å². The van der Waals surface area contributed by atoms with E-state index in [0.717, 1.165) is 42.4 Å². The predicted octanol–water partition coefficient (Wildman–Crippen LogP) is 3.58. The first-order valence-corrected chi connectivity index (χ1v) is 13.0. The van der Waals surface area contributed by atoms with E-state index in [2.05, 4.69) is 53.9 Å². The van der Waals surface area contributed by atoms with Crippen LogP contribution in [-0.2, 0) is 9.53 Å². The van der Waals surface area contributed by atoms with Gasteiger partial charge in [0.25, 0.3) is 5.91 Å². The molecule has 1 fully saturated rings. The van der Waals surface area contributed by atoms with Crippen LogP contribution in [0.2, 0.25) is 5.15 Å². The molecule has 4 heterocycles. The highest BCUT2D eigenvalue weighted by Crippen LogP contribution is 2.47. The molecular weight excluding hydrogens is 493 g/mol. The van der Waals surface area contributed by atoms with Gasteiger partial charge in [0, 0.05) is 35.0 Å². The summed E-state index contributed by atoms with van der Waals surface area (Å²) in [6.07, 6.45) is 2.66. The van der Waals surface area contributed by atoms with Gasteiger partial charge in [-0.25, -0.2) is 14.2 Å². The first-order valence-electron chi connectivity index (χ1n) is 11.8. The van der Waals surface area contributed by atoms with Crippen LogP contribution in [-0.4, -0.2) is 59.1 Å². The Balaban J connectivity index is 1.62. The Bertz CT molecular complexity index is 1040. The largest absolute Gasteiger partial charge is 0.467 e. The summed E-state index contributed by atoms with van der Waals surface area (Å²) in [4.78, 5) is 30.3. The number of rotatable bonds is 5. The molecule has 1 aromatic rings. The number of carbonyl (C=O) groups excluding carboxylic acids is 2. The van der Waals surface area contributed by atoms with Gasteiger partial charge in [-0.1, -0.05) is 28.9 Å². The van der Waals surface area contributed by atoms with Crippen LogP contribution in [0.5, 0.6) is 0 Å². The van der Waals surface area contributed by atoms with Crippen molar-refractivity contribution in [3.8, 4) is 0 Å². The smallest absolute Gasteiger partial charge is 0.342 e. The zero-order chi connectivity index (χ0) is 25.6. The maximum absolute atomic E-state index is 14.5. The second-order valence-corrected chi connectivity index (χ2v) is 12.6. The molecule has 8 nitrogen and oxygen atoms in total. The Kier molecular flexibility index (Phi) is 7.13. The average Bonchev–Trinajstić information content (AvgIpc) is 3.12. The maximum Gasteiger partial charge on any atom is 0.342 e. The van der Waals surface area contributed by atoms with Crippen molar-refractivity contribution in [1.82, 2.24) is 20.9 Å². The number of hydrogen-bond donors (Lipinski definition) is 4. The van der Waals surface area contributed by atoms with Gasteiger partial charge in [-0.15, -0.1) is 0 Å². The van der Waals surface area contributed by atoms with Crippen molar-refractivity contribution in [1.29, 1.82) is 0 Å². The van der Waals surface area contributed by atoms with Gasteiger partial charge in [0.15, 0.2) is 15.8 Å². The number of hydrogen-bond acceptors (Lipinski definition) is 8. The Morgan fingerprint density at radius 3 is 2.57 bits per heavy atom. The lowest BCUT2D eigenvalue weighted by Gasteiger charge is -2.46. The van der Waals surface area contributed by atoms with Gasteiger partial charge >= 0.3 is 5.97 Å². The molecule has 0 bridgehead atoms. The van der Waals surface area contributed by atoms with Crippen molar-refractivity contribution in [2.45, 2.75) is 75.4 Å². The number of piperidine rings is 1. The molecule has 0 spiro atoms. The number of esters is 1. The minimum Gasteiger partial charge on any atom is -0.467 e. The number of methoxy groups -OCH3 is 1. The third-order valence-corrected chi connectivity index (χ3v) is 8.29. The van der Waals surface area contributed by atoms with Crippen LogP contribution in [0.4, 0.5) is 10.2 Å². The molecule has 1 atom stereocenters. The molecule has 1 amide bonds. The van der Waals surface area contributed by atoms with Crippen LogP contribution in [0.3, 0.4) is 0 Å². The van der Waals surface area contributed by atoms with E-state index in [0.29, 0.717) is 13.0 Å². The molecule has 35 heavy (non-hydrogen) atoms. The molecule has 4 rings (SSSR count). The summed E-state index contributed by atoms with van der Waals surface area (Å²) >= 11 is 7.30. The summed E-state index contributed by atoms with van der Waals surface area (Å²) in [6.45, 7) is 9.91. The molecule has 4 N–H and O–H groups in total. The number of carbonyl (C=O) groups is 2. The Hall–Kier alpha value is -1.88. The van der Waals surface area contributed by atoms with Crippen LogP contribution in [0.25, 0.3) is 0 Å². The van der Waals surface area contributed by atoms with E-state index in [1.54, 1.807) is 0 Å². The summed E-state index contributed by atoms with van der Waals surface area (Å²) < 4.78 is 19.6. The molecule has 3 aliphatic heterocycles. The molecule has 192 valence electrons. The van der Waals surface area contributed by atoms with Crippen molar-refractivity contribution in [2.75, 3.05) is 25.5 Å². The number of aromatic nitrogens is 1. The van der Waals surface area contributed by atoms with Gasteiger partial charge in [0.1, 0.15) is 5.82 Å². The van der Waals surface area contributed by atoms with Gasteiger partial charge in [-0.3, -0.25) is 4.79 Å². The van der Waals surface area contributed by atoms with Gasteiger partial charge in [0.05, 0.1) is 12.7 Å². The summed E-state index contributed by atoms with van der Waals surface area (Å²) in [7, 11) is 1.30. The molecule has 1 aromatic heterocycles. The van der Waals surface area contributed by atoms with Gasteiger partial charge in [-0.05, 0) is 59.6 Å². The average molecular weight is 526 g/mol. The van der Waals surface area contributed by atoms with E-state index < -0.39 is 22.6 Å². The van der Waals surface area contributed by atoms with Crippen molar-refractivity contribution < 1.29 is 18.7 Å². The third-order valence-electron chi connectivity index (χ3n) is 6.58. The molecular formula is C24H33ClFN5O3S. The first kappa shape index (κ1) is 26.2. The van der Waals surface area contributed by atoms with Crippen LogP contribution in [0.1, 0.15) is 63.7 Å². The lowest BCUT2D eigenvalue weighted by molar-refractivity contribution is -0.144. The number of ether oxygens (including phenoxy) is 1. The molecule has 1 saturated heterocycles. The van der Waals surface area contributed by atoms with E-state index in [1.165, 1.54) is 18.9 Å². The van der Waals surface area contributed by atoms with Crippen LogP contribution in [0, 0.1) is 5.82 Å². The third kappa shape index (κ3) is 5.60. The van der Waals surface area contributed by atoms with Gasteiger partial charge in [-0.2, -0.15) is 0 Å². The Labute approximate surface area is 214 Å². The zero-order valence-electron chi connectivity index (χ0n) is 20.7. The van der Waals surface area contributed by atoms with Gasteiger partial charge < -0.3 is 26.0 Å². The van der Waals surface area contributed by atoms with Crippen molar-refractivity contribution >= 4 is 41.1 Å². The second-order valence-electron chi connectivity index (χ2n) is 10.8. The minimum absolute atomic E-state index is 0.00656. The standard InChI is InChI=1S/C24H33ClFN5O3S/c1-22(2)10-14(11-23(3,4)31-22)28-19-15(8-16(26)18(25)29-19)20(32)30-24(21(33)34-5)9-13-6-7-27-12-17(13)35-24/h8,14,27,31H,6-7,9-12H2,1-5H3,(H,28,29)(H,30,32). The number of halogens is 2. The summed E-state index contributed by atoms with van der Waals surface area (Å²) in [5.74, 6) is -1.78. The Morgan fingerprint density at radius 2 is 1.94 bits per heavy atom. The molecule has 11 heteroatoms. The van der Waals surface area contributed by atoms with Gasteiger partial charge in [0.2, 0.25) is 0 Å². The minimum atomic E-state index is -1.31. The highest BCUT2D eigenvalue weighted by molar-refractivity contribution is 8.05. The van der Waals surface area contributed by atoms with E-state index in [4.69, 9.17) is 16.3 Å². The number of anilines is 1. The van der Waals surface area contributed by atoms with Crippen molar-refractivity contribution in [2.24, 2.45) is 0 Å². The monoisotopic (exact) mass is 525 g/mol. The van der Waals surface area contributed by atoms with Crippen molar-refractivity contribution in [3.63, 3.8) is 0 Å².